The quantitative estimate of drug-likeness (QED) is 0.802. The Labute approximate surface area is 96.2 Å². The lowest BCUT2D eigenvalue weighted by Crippen LogP contribution is -1.98. The molecule has 1 heterocycles. The summed E-state index contributed by atoms with van der Waals surface area (Å²) in [5, 5.41) is 1.08. The van der Waals surface area contributed by atoms with Gasteiger partial charge in [-0.25, -0.2) is 0 Å². The van der Waals surface area contributed by atoms with Gasteiger partial charge in [-0.1, -0.05) is 0 Å². The van der Waals surface area contributed by atoms with Gasteiger partial charge in [0.1, 0.15) is 5.75 Å². The first-order chi connectivity index (χ1) is 7.29. The molecule has 4 heteroatoms. The molecule has 0 amide bonds. The van der Waals surface area contributed by atoms with Gasteiger partial charge in [-0.05, 0) is 34.1 Å². The molecule has 0 atom stereocenters. The number of pyridine rings is 1. The van der Waals surface area contributed by atoms with Crippen molar-refractivity contribution in [1.82, 2.24) is 4.98 Å². The summed E-state index contributed by atoms with van der Waals surface area (Å²) in [6.07, 6.45) is 1.77. The summed E-state index contributed by atoms with van der Waals surface area (Å²) in [4.78, 5) is 4.28. The van der Waals surface area contributed by atoms with Crippen LogP contribution in [-0.2, 0) is 4.74 Å². The van der Waals surface area contributed by atoms with Crippen LogP contribution in [0.25, 0.3) is 10.9 Å². The van der Waals surface area contributed by atoms with Crippen LogP contribution in [0.5, 0.6) is 5.75 Å². The highest BCUT2D eigenvalue weighted by atomic mass is 79.9. The Bertz CT molecular complexity index is 473. The van der Waals surface area contributed by atoms with E-state index in [-0.39, 0.29) is 6.79 Å². The summed E-state index contributed by atoms with van der Waals surface area (Å²) in [5.41, 5.74) is 0.909. The smallest absolute Gasteiger partial charge is 0.188 e. The summed E-state index contributed by atoms with van der Waals surface area (Å²) in [7, 11) is 1.59. The molecule has 0 spiro atoms. The fourth-order valence-electron chi connectivity index (χ4n) is 1.29. The fraction of sp³-hybridized carbons (Fsp3) is 0.182. The summed E-state index contributed by atoms with van der Waals surface area (Å²) < 4.78 is 11.1. The van der Waals surface area contributed by atoms with E-state index in [4.69, 9.17) is 9.47 Å². The average Bonchev–Trinajstić information content (AvgIpc) is 2.26. The minimum absolute atomic E-state index is 0.252. The SMILES string of the molecule is COCOc1ccc2cc(Br)cnc2c1. The fourth-order valence-corrected chi connectivity index (χ4v) is 1.64. The Morgan fingerprint density at radius 2 is 2.20 bits per heavy atom. The van der Waals surface area contributed by atoms with Crippen molar-refractivity contribution in [2.45, 2.75) is 0 Å². The van der Waals surface area contributed by atoms with E-state index in [9.17, 15) is 0 Å². The molecule has 0 unspecified atom stereocenters. The van der Waals surface area contributed by atoms with E-state index >= 15 is 0 Å². The molecule has 0 aliphatic rings. The number of rotatable bonds is 3. The molecule has 78 valence electrons. The molecule has 0 radical (unpaired) electrons. The largest absolute Gasteiger partial charge is 0.467 e. The third-order valence-corrected chi connectivity index (χ3v) is 2.40. The average molecular weight is 268 g/mol. The molecular weight excluding hydrogens is 258 g/mol. The second kappa shape index (κ2) is 4.59. The van der Waals surface area contributed by atoms with Gasteiger partial charge in [0, 0.05) is 29.2 Å². The number of methoxy groups -OCH3 is 1. The van der Waals surface area contributed by atoms with Gasteiger partial charge in [0.2, 0.25) is 0 Å². The zero-order valence-corrected chi connectivity index (χ0v) is 9.82. The Kier molecular flexibility index (Phi) is 3.18. The number of halogens is 1. The number of nitrogens with zero attached hydrogens (tertiary/aromatic N) is 1. The minimum atomic E-state index is 0.252. The molecule has 3 nitrogen and oxygen atoms in total. The first-order valence-electron chi connectivity index (χ1n) is 4.46. The monoisotopic (exact) mass is 267 g/mol. The van der Waals surface area contributed by atoms with Crippen molar-refractivity contribution in [3.05, 3.63) is 34.9 Å². The van der Waals surface area contributed by atoms with Gasteiger partial charge in [0.05, 0.1) is 5.52 Å². The van der Waals surface area contributed by atoms with Crippen molar-refractivity contribution < 1.29 is 9.47 Å². The number of aromatic nitrogens is 1. The van der Waals surface area contributed by atoms with Crippen LogP contribution in [0.2, 0.25) is 0 Å². The van der Waals surface area contributed by atoms with Gasteiger partial charge < -0.3 is 9.47 Å². The predicted octanol–water partition coefficient (Wildman–Crippen LogP) is 2.98. The molecule has 0 fully saturated rings. The number of ether oxygens (including phenoxy) is 2. The van der Waals surface area contributed by atoms with Crippen LogP contribution in [0.4, 0.5) is 0 Å². The first-order valence-corrected chi connectivity index (χ1v) is 5.26. The Morgan fingerprint density at radius 1 is 1.33 bits per heavy atom. The Morgan fingerprint density at radius 3 is 3.00 bits per heavy atom. The lowest BCUT2D eigenvalue weighted by molar-refractivity contribution is 0.0512. The third kappa shape index (κ3) is 2.46. The van der Waals surface area contributed by atoms with Crippen molar-refractivity contribution in [2.75, 3.05) is 13.9 Å². The van der Waals surface area contributed by atoms with E-state index < -0.39 is 0 Å². The number of hydrogen-bond acceptors (Lipinski definition) is 3. The van der Waals surface area contributed by atoms with Crippen molar-refractivity contribution in [3.8, 4) is 5.75 Å². The van der Waals surface area contributed by atoms with Gasteiger partial charge in [0.15, 0.2) is 6.79 Å². The van der Waals surface area contributed by atoms with Crippen molar-refractivity contribution in [1.29, 1.82) is 0 Å². The zero-order valence-electron chi connectivity index (χ0n) is 8.24. The van der Waals surface area contributed by atoms with Crippen molar-refractivity contribution in [3.63, 3.8) is 0 Å². The van der Waals surface area contributed by atoms with Crippen molar-refractivity contribution in [2.24, 2.45) is 0 Å². The van der Waals surface area contributed by atoms with Crippen LogP contribution in [0.3, 0.4) is 0 Å². The van der Waals surface area contributed by atoms with E-state index in [2.05, 4.69) is 20.9 Å². The Balaban J connectivity index is 2.34. The highest BCUT2D eigenvalue weighted by Gasteiger charge is 1.99. The van der Waals surface area contributed by atoms with E-state index in [0.717, 1.165) is 21.1 Å². The lowest BCUT2D eigenvalue weighted by Gasteiger charge is -2.05. The molecule has 2 rings (SSSR count). The molecule has 1 aromatic carbocycles. The number of benzene rings is 1. The maximum atomic E-state index is 5.32. The molecule has 0 aliphatic heterocycles. The standard InChI is InChI=1S/C11H10BrNO2/c1-14-7-15-10-3-2-8-4-9(12)6-13-11(8)5-10/h2-6H,7H2,1H3. The van der Waals surface area contributed by atoms with Crippen LogP contribution in [0.1, 0.15) is 0 Å². The molecule has 1 aromatic heterocycles. The number of hydrogen-bond donors (Lipinski definition) is 0. The zero-order chi connectivity index (χ0) is 10.7. The van der Waals surface area contributed by atoms with Gasteiger partial charge >= 0.3 is 0 Å². The predicted molar refractivity (Wildman–Crippen MR) is 61.9 cm³/mol. The first kappa shape index (κ1) is 10.4. The minimum Gasteiger partial charge on any atom is -0.467 e. The Hall–Kier alpha value is -1.13. The molecule has 0 bridgehead atoms. The second-order valence-corrected chi connectivity index (χ2v) is 3.97. The molecule has 0 saturated heterocycles. The van der Waals surface area contributed by atoms with E-state index in [1.165, 1.54) is 0 Å². The highest BCUT2D eigenvalue weighted by molar-refractivity contribution is 9.10. The maximum absolute atomic E-state index is 5.32. The topological polar surface area (TPSA) is 31.4 Å². The summed E-state index contributed by atoms with van der Waals surface area (Å²) in [6, 6.07) is 7.77. The van der Waals surface area contributed by atoms with E-state index in [1.807, 2.05) is 24.3 Å². The normalized spacial score (nSPS) is 10.5. The molecule has 2 aromatic rings. The molecule has 0 aliphatic carbocycles. The van der Waals surface area contributed by atoms with Crippen LogP contribution in [0.15, 0.2) is 34.9 Å². The number of fused-ring (bicyclic) bond motifs is 1. The van der Waals surface area contributed by atoms with Crippen molar-refractivity contribution >= 4 is 26.8 Å². The maximum Gasteiger partial charge on any atom is 0.188 e. The van der Waals surface area contributed by atoms with E-state index in [1.54, 1.807) is 13.3 Å². The molecule has 0 saturated carbocycles. The lowest BCUT2D eigenvalue weighted by atomic mass is 10.2. The molecule has 0 N–H and O–H groups in total. The highest BCUT2D eigenvalue weighted by Crippen LogP contribution is 2.21. The second-order valence-electron chi connectivity index (χ2n) is 3.06. The van der Waals surface area contributed by atoms with Crippen LogP contribution >= 0.6 is 15.9 Å². The van der Waals surface area contributed by atoms with Gasteiger partial charge in [-0.15, -0.1) is 0 Å². The molecule has 15 heavy (non-hydrogen) atoms. The van der Waals surface area contributed by atoms with Gasteiger partial charge in [0.25, 0.3) is 0 Å². The van der Waals surface area contributed by atoms with Gasteiger partial charge in [-0.3, -0.25) is 4.98 Å². The third-order valence-electron chi connectivity index (χ3n) is 1.97. The summed E-state index contributed by atoms with van der Waals surface area (Å²) >= 11 is 3.38. The summed E-state index contributed by atoms with van der Waals surface area (Å²) in [5.74, 6) is 0.763. The van der Waals surface area contributed by atoms with Crippen LogP contribution in [0, 0.1) is 0 Å². The van der Waals surface area contributed by atoms with Crippen LogP contribution in [-0.4, -0.2) is 18.9 Å². The van der Waals surface area contributed by atoms with E-state index in [0.29, 0.717) is 0 Å². The molecular formula is C11H10BrNO2. The summed E-state index contributed by atoms with van der Waals surface area (Å²) in [6.45, 7) is 0.252. The van der Waals surface area contributed by atoms with Crippen LogP contribution < -0.4 is 4.74 Å². The van der Waals surface area contributed by atoms with Gasteiger partial charge in [-0.2, -0.15) is 0 Å².